The van der Waals surface area contributed by atoms with Crippen molar-refractivity contribution in [3.63, 3.8) is 0 Å². The quantitative estimate of drug-likeness (QED) is 0.587. The fourth-order valence-corrected chi connectivity index (χ4v) is 8.73. The van der Waals surface area contributed by atoms with Crippen molar-refractivity contribution >= 4 is 0 Å². The fourth-order valence-electron chi connectivity index (χ4n) is 8.73. The van der Waals surface area contributed by atoms with Crippen molar-refractivity contribution in [2.24, 2.45) is 34.5 Å². The summed E-state index contributed by atoms with van der Waals surface area (Å²) in [5, 5.41) is 42.8. The van der Waals surface area contributed by atoms with Gasteiger partial charge in [-0.15, -0.1) is 0 Å². The number of aliphatic hydroxyl groups excluding tert-OH is 2. The van der Waals surface area contributed by atoms with Gasteiger partial charge in [0.2, 0.25) is 0 Å². The van der Waals surface area contributed by atoms with E-state index in [1.165, 1.54) is 0 Å². The zero-order chi connectivity index (χ0) is 20.4. The van der Waals surface area contributed by atoms with Crippen LogP contribution < -0.4 is 0 Å². The van der Waals surface area contributed by atoms with Crippen LogP contribution in [0.5, 0.6) is 0 Å². The zero-order valence-corrected chi connectivity index (χ0v) is 18.2. The van der Waals surface area contributed by atoms with Crippen LogP contribution in [0.2, 0.25) is 0 Å². The highest BCUT2D eigenvalue weighted by atomic mass is 16.3. The Bertz CT molecular complexity index is 595. The molecule has 0 spiro atoms. The molecular weight excluding hydrogens is 352 g/mol. The SMILES string of the molecule is C[C@H](CCCO)[C@@]1(O)CC[C@H]2[C@@H]3CC[C@]4(O)C[C@H](O)CC[C@]4(C)[C@H]3CC[C@@]21C. The summed E-state index contributed by atoms with van der Waals surface area (Å²) < 4.78 is 0. The molecule has 0 aromatic heterocycles. The van der Waals surface area contributed by atoms with E-state index in [9.17, 15) is 20.4 Å². The lowest BCUT2D eigenvalue weighted by molar-refractivity contribution is -0.230. The Labute approximate surface area is 170 Å². The maximum atomic E-state index is 11.8. The highest BCUT2D eigenvalue weighted by Crippen LogP contribution is 2.70. The first-order chi connectivity index (χ1) is 13.1. The van der Waals surface area contributed by atoms with Gasteiger partial charge in [0.15, 0.2) is 0 Å². The summed E-state index contributed by atoms with van der Waals surface area (Å²) in [6, 6.07) is 0. The molecule has 0 aromatic carbocycles. The van der Waals surface area contributed by atoms with E-state index in [2.05, 4.69) is 20.8 Å². The molecule has 4 rings (SSSR count). The smallest absolute Gasteiger partial charge is 0.0729 e. The van der Waals surface area contributed by atoms with Gasteiger partial charge in [-0.25, -0.2) is 0 Å². The molecule has 0 bridgehead atoms. The Morgan fingerprint density at radius 2 is 1.54 bits per heavy atom. The van der Waals surface area contributed by atoms with Crippen molar-refractivity contribution in [2.75, 3.05) is 6.61 Å². The van der Waals surface area contributed by atoms with Crippen LogP contribution in [-0.4, -0.2) is 44.3 Å². The first kappa shape index (κ1) is 21.1. The number of hydrogen-bond acceptors (Lipinski definition) is 4. The maximum absolute atomic E-state index is 11.8. The van der Waals surface area contributed by atoms with Crippen LogP contribution in [-0.2, 0) is 0 Å². The molecule has 0 amide bonds. The minimum atomic E-state index is -0.719. The Hall–Kier alpha value is -0.160. The predicted octanol–water partition coefficient (Wildman–Crippen LogP) is 3.64. The first-order valence-corrected chi connectivity index (χ1v) is 11.8. The third kappa shape index (κ3) is 2.70. The van der Waals surface area contributed by atoms with Crippen LogP contribution in [0.25, 0.3) is 0 Å². The lowest BCUT2D eigenvalue weighted by Crippen LogP contribution is -2.64. The molecule has 0 saturated heterocycles. The fraction of sp³-hybridized carbons (Fsp3) is 1.00. The minimum Gasteiger partial charge on any atom is -0.396 e. The molecule has 4 N–H and O–H groups in total. The third-order valence-corrected chi connectivity index (χ3v) is 10.6. The van der Waals surface area contributed by atoms with Gasteiger partial charge in [0.1, 0.15) is 0 Å². The van der Waals surface area contributed by atoms with E-state index in [1.807, 2.05) is 0 Å². The predicted molar refractivity (Wildman–Crippen MR) is 110 cm³/mol. The molecule has 4 heteroatoms. The molecule has 0 heterocycles. The Morgan fingerprint density at radius 3 is 2.25 bits per heavy atom. The third-order valence-electron chi connectivity index (χ3n) is 10.6. The molecule has 4 nitrogen and oxygen atoms in total. The Kier molecular flexibility index (Phi) is 5.22. The molecule has 0 aliphatic heterocycles. The largest absolute Gasteiger partial charge is 0.396 e. The van der Waals surface area contributed by atoms with Gasteiger partial charge in [-0.05, 0) is 98.7 Å². The summed E-state index contributed by atoms with van der Waals surface area (Å²) in [7, 11) is 0. The van der Waals surface area contributed by atoms with Crippen molar-refractivity contribution < 1.29 is 20.4 Å². The Balaban J connectivity index is 1.60. The van der Waals surface area contributed by atoms with Gasteiger partial charge >= 0.3 is 0 Å². The van der Waals surface area contributed by atoms with Crippen molar-refractivity contribution in [1.29, 1.82) is 0 Å². The van der Waals surface area contributed by atoms with Crippen LogP contribution in [0, 0.1) is 34.5 Å². The van der Waals surface area contributed by atoms with E-state index in [1.54, 1.807) is 0 Å². The standard InChI is InChI=1S/C24H42O4/c1-16(5-4-14-25)24(28)13-9-20-18-7-12-23(27)15-17(26)6-10-21(23,2)19(18)8-11-22(20,24)3/h16-20,25-28H,4-15H2,1-3H3/t16-,17-,18-,19+,20+,21-,22+,23+,24+/m1/s1. The molecule has 4 fully saturated rings. The number of hydrogen-bond donors (Lipinski definition) is 4. The molecule has 4 aliphatic rings. The van der Waals surface area contributed by atoms with E-state index >= 15 is 0 Å². The van der Waals surface area contributed by atoms with Gasteiger partial charge in [-0.1, -0.05) is 20.8 Å². The molecule has 162 valence electrons. The molecule has 4 aliphatic carbocycles. The lowest BCUT2D eigenvalue weighted by atomic mass is 9.42. The van der Waals surface area contributed by atoms with Crippen molar-refractivity contribution in [2.45, 2.75) is 109 Å². The summed E-state index contributed by atoms with van der Waals surface area (Å²) in [5.41, 5.74) is -1.50. The Morgan fingerprint density at radius 1 is 0.893 bits per heavy atom. The molecule has 4 saturated carbocycles. The van der Waals surface area contributed by atoms with E-state index < -0.39 is 11.2 Å². The molecule has 0 aromatic rings. The van der Waals surface area contributed by atoms with Gasteiger partial charge in [0.25, 0.3) is 0 Å². The highest BCUT2D eigenvalue weighted by Gasteiger charge is 2.67. The lowest BCUT2D eigenvalue weighted by Gasteiger charge is -2.64. The van der Waals surface area contributed by atoms with Gasteiger partial charge in [-0.2, -0.15) is 0 Å². The van der Waals surface area contributed by atoms with Gasteiger partial charge in [-0.3, -0.25) is 0 Å². The summed E-state index contributed by atoms with van der Waals surface area (Å²) in [6.07, 6.45) is 9.50. The van der Waals surface area contributed by atoms with Gasteiger partial charge in [0, 0.05) is 13.0 Å². The van der Waals surface area contributed by atoms with Crippen molar-refractivity contribution in [1.82, 2.24) is 0 Å². The first-order valence-electron chi connectivity index (χ1n) is 11.8. The average Bonchev–Trinajstić information content (AvgIpc) is 2.93. The summed E-state index contributed by atoms with van der Waals surface area (Å²) >= 11 is 0. The highest BCUT2D eigenvalue weighted by molar-refractivity contribution is 5.17. The summed E-state index contributed by atoms with van der Waals surface area (Å²) in [6.45, 7) is 7.01. The van der Waals surface area contributed by atoms with Gasteiger partial charge in [0.05, 0.1) is 17.3 Å². The molecule has 0 radical (unpaired) electrons. The second kappa shape index (κ2) is 6.93. The molecule has 28 heavy (non-hydrogen) atoms. The summed E-state index contributed by atoms with van der Waals surface area (Å²) in [4.78, 5) is 0. The van der Waals surface area contributed by atoms with Crippen molar-refractivity contribution in [3.8, 4) is 0 Å². The molecular formula is C24H42O4. The second-order valence-corrected chi connectivity index (χ2v) is 11.4. The van der Waals surface area contributed by atoms with Crippen LogP contribution in [0.1, 0.15) is 91.4 Å². The van der Waals surface area contributed by atoms with Crippen molar-refractivity contribution in [3.05, 3.63) is 0 Å². The zero-order valence-electron chi connectivity index (χ0n) is 18.2. The summed E-state index contributed by atoms with van der Waals surface area (Å²) in [5.74, 6) is 1.83. The maximum Gasteiger partial charge on any atom is 0.0729 e. The van der Waals surface area contributed by atoms with Gasteiger partial charge < -0.3 is 20.4 Å². The minimum absolute atomic E-state index is 0.0525. The van der Waals surface area contributed by atoms with Crippen LogP contribution in [0.3, 0.4) is 0 Å². The number of rotatable bonds is 4. The van der Waals surface area contributed by atoms with E-state index in [4.69, 9.17) is 0 Å². The topological polar surface area (TPSA) is 80.9 Å². The molecule has 0 unspecified atom stereocenters. The van der Waals surface area contributed by atoms with E-state index in [0.717, 1.165) is 64.2 Å². The second-order valence-electron chi connectivity index (χ2n) is 11.4. The van der Waals surface area contributed by atoms with Crippen LogP contribution >= 0.6 is 0 Å². The van der Waals surface area contributed by atoms with E-state index in [-0.39, 0.29) is 29.5 Å². The van der Waals surface area contributed by atoms with E-state index in [0.29, 0.717) is 24.2 Å². The van der Waals surface area contributed by atoms with Crippen LogP contribution in [0.15, 0.2) is 0 Å². The monoisotopic (exact) mass is 394 g/mol. The number of fused-ring (bicyclic) bond motifs is 5. The normalized spacial score (nSPS) is 54.5. The number of aliphatic hydroxyl groups is 4. The average molecular weight is 395 g/mol. The molecule has 9 atom stereocenters. The van der Waals surface area contributed by atoms with Crippen LogP contribution in [0.4, 0.5) is 0 Å².